The van der Waals surface area contributed by atoms with Gasteiger partial charge < -0.3 is 4.84 Å². The van der Waals surface area contributed by atoms with E-state index in [4.69, 9.17) is 21.3 Å². The van der Waals surface area contributed by atoms with E-state index >= 15 is 0 Å². The molecule has 1 saturated heterocycles. The second-order valence-electron chi connectivity index (χ2n) is 6.96. The number of carbonyl (C=O) groups is 1. The number of hydroxylamine groups is 2. The SMILES string of the molecule is O=C1/C(=N\OCc2ccccc2)CC(c2ccc(Cl)cc2)N1OCc1ccccc1. The van der Waals surface area contributed by atoms with E-state index < -0.39 is 0 Å². The average Bonchev–Trinajstić information content (AvgIpc) is 3.10. The van der Waals surface area contributed by atoms with Gasteiger partial charge in [0.1, 0.15) is 18.9 Å². The van der Waals surface area contributed by atoms with E-state index in [0.717, 1.165) is 16.7 Å². The second kappa shape index (κ2) is 9.57. The van der Waals surface area contributed by atoms with Crippen LogP contribution in [0.2, 0.25) is 5.02 Å². The summed E-state index contributed by atoms with van der Waals surface area (Å²) < 4.78 is 0. The molecule has 0 aliphatic carbocycles. The standard InChI is InChI=1S/C24H21ClN2O3/c25-21-13-11-20(12-14-21)23-15-22(26-29-16-18-7-3-1-4-8-18)24(28)27(23)30-17-19-9-5-2-6-10-19/h1-14,23H,15-17H2/b26-22-. The van der Waals surface area contributed by atoms with Crippen molar-refractivity contribution in [1.82, 2.24) is 5.06 Å². The Bertz CT molecular complexity index is 1010. The van der Waals surface area contributed by atoms with E-state index in [0.29, 0.717) is 23.8 Å². The summed E-state index contributed by atoms with van der Waals surface area (Å²) in [6, 6.07) is 26.5. The Kier molecular flexibility index (Phi) is 6.42. The molecule has 6 heteroatoms. The molecule has 1 aliphatic heterocycles. The van der Waals surface area contributed by atoms with Crippen LogP contribution in [-0.2, 0) is 27.7 Å². The van der Waals surface area contributed by atoms with E-state index in [9.17, 15) is 4.79 Å². The first kappa shape index (κ1) is 20.1. The van der Waals surface area contributed by atoms with Gasteiger partial charge in [0, 0.05) is 11.4 Å². The molecule has 1 aliphatic rings. The number of benzene rings is 3. The number of carbonyl (C=O) groups excluding carboxylic acids is 1. The van der Waals surface area contributed by atoms with Gasteiger partial charge in [-0.3, -0.25) is 9.63 Å². The van der Waals surface area contributed by atoms with Crippen molar-refractivity contribution in [3.63, 3.8) is 0 Å². The topological polar surface area (TPSA) is 51.1 Å². The smallest absolute Gasteiger partial charge is 0.295 e. The van der Waals surface area contributed by atoms with E-state index in [1.54, 1.807) is 12.1 Å². The van der Waals surface area contributed by atoms with Crippen molar-refractivity contribution in [2.24, 2.45) is 5.16 Å². The molecular weight excluding hydrogens is 400 g/mol. The molecule has 152 valence electrons. The monoisotopic (exact) mass is 420 g/mol. The third-order valence-electron chi connectivity index (χ3n) is 4.83. The van der Waals surface area contributed by atoms with Crippen LogP contribution in [0.5, 0.6) is 0 Å². The predicted octanol–water partition coefficient (Wildman–Crippen LogP) is 5.32. The van der Waals surface area contributed by atoms with Crippen molar-refractivity contribution in [3.05, 3.63) is 107 Å². The van der Waals surface area contributed by atoms with Gasteiger partial charge in [-0.05, 0) is 28.8 Å². The molecule has 3 aromatic rings. The quantitative estimate of drug-likeness (QED) is 0.486. The van der Waals surface area contributed by atoms with Crippen LogP contribution < -0.4 is 0 Å². The lowest BCUT2D eigenvalue weighted by molar-refractivity contribution is -0.193. The first-order chi connectivity index (χ1) is 14.7. The van der Waals surface area contributed by atoms with Crippen LogP contribution in [0.4, 0.5) is 0 Å². The summed E-state index contributed by atoms with van der Waals surface area (Å²) in [5.41, 5.74) is 3.22. The van der Waals surface area contributed by atoms with Gasteiger partial charge in [0.2, 0.25) is 0 Å². The first-order valence-electron chi connectivity index (χ1n) is 9.69. The molecule has 0 saturated carbocycles. The Labute approximate surface area is 180 Å². The summed E-state index contributed by atoms with van der Waals surface area (Å²) in [4.78, 5) is 24.3. The lowest BCUT2D eigenvalue weighted by atomic mass is 10.1. The van der Waals surface area contributed by atoms with Crippen LogP contribution in [0.3, 0.4) is 0 Å². The number of rotatable bonds is 7. The fourth-order valence-corrected chi connectivity index (χ4v) is 3.39. The van der Waals surface area contributed by atoms with Crippen LogP contribution in [0.1, 0.15) is 29.2 Å². The zero-order chi connectivity index (χ0) is 20.8. The predicted molar refractivity (Wildman–Crippen MR) is 116 cm³/mol. The third kappa shape index (κ3) is 4.87. The Morgan fingerprint density at radius 2 is 1.47 bits per heavy atom. The van der Waals surface area contributed by atoms with Crippen LogP contribution in [0.15, 0.2) is 90.1 Å². The van der Waals surface area contributed by atoms with E-state index in [1.807, 2.05) is 72.8 Å². The summed E-state index contributed by atoms with van der Waals surface area (Å²) in [6.07, 6.45) is 0.393. The maximum Gasteiger partial charge on any atom is 0.295 e. The maximum absolute atomic E-state index is 13.0. The van der Waals surface area contributed by atoms with Gasteiger partial charge in [-0.2, -0.15) is 0 Å². The van der Waals surface area contributed by atoms with E-state index in [-0.39, 0.29) is 18.6 Å². The summed E-state index contributed by atoms with van der Waals surface area (Å²) in [6.45, 7) is 0.586. The highest BCUT2D eigenvalue weighted by molar-refractivity contribution is 6.40. The molecule has 1 atom stereocenters. The fraction of sp³-hybridized carbons (Fsp3) is 0.167. The van der Waals surface area contributed by atoms with Crippen molar-refractivity contribution < 1.29 is 14.5 Å². The molecule has 4 rings (SSSR count). The number of hydrogen-bond acceptors (Lipinski definition) is 4. The normalized spacial score (nSPS) is 17.5. The molecule has 1 fully saturated rings. The second-order valence-corrected chi connectivity index (χ2v) is 7.39. The van der Waals surface area contributed by atoms with Gasteiger partial charge >= 0.3 is 0 Å². The molecular formula is C24H21ClN2O3. The van der Waals surface area contributed by atoms with E-state index in [1.165, 1.54) is 5.06 Å². The molecule has 5 nitrogen and oxygen atoms in total. The molecule has 0 aromatic heterocycles. The zero-order valence-corrected chi connectivity index (χ0v) is 17.0. The zero-order valence-electron chi connectivity index (χ0n) is 16.3. The number of oxime groups is 1. The van der Waals surface area contributed by atoms with Crippen molar-refractivity contribution in [2.75, 3.05) is 0 Å². The summed E-state index contributed by atoms with van der Waals surface area (Å²) in [5.74, 6) is -0.293. The number of hydrogen-bond donors (Lipinski definition) is 0. The summed E-state index contributed by atoms with van der Waals surface area (Å²) in [5, 5.41) is 6.15. The molecule has 0 radical (unpaired) electrons. The lowest BCUT2D eigenvalue weighted by Crippen LogP contribution is -2.30. The van der Waals surface area contributed by atoms with Crippen molar-refractivity contribution in [1.29, 1.82) is 0 Å². The molecule has 30 heavy (non-hydrogen) atoms. The van der Waals surface area contributed by atoms with Crippen LogP contribution in [0.25, 0.3) is 0 Å². The minimum Gasteiger partial charge on any atom is -0.391 e. The van der Waals surface area contributed by atoms with Crippen LogP contribution in [-0.4, -0.2) is 16.7 Å². The minimum absolute atomic E-state index is 0.287. The van der Waals surface area contributed by atoms with Crippen molar-refractivity contribution >= 4 is 23.2 Å². The molecule has 0 spiro atoms. The first-order valence-corrected chi connectivity index (χ1v) is 10.1. The molecule has 0 bridgehead atoms. The number of halogens is 1. The molecule has 1 unspecified atom stereocenters. The molecule has 1 heterocycles. The van der Waals surface area contributed by atoms with Gasteiger partial charge in [-0.25, -0.2) is 5.06 Å². The molecule has 3 aromatic carbocycles. The number of amides is 1. The number of nitrogens with zero attached hydrogens (tertiary/aromatic N) is 2. The Morgan fingerprint density at radius 3 is 2.10 bits per heavy atom. The largest absolute Gasteiger partial charge is 0.391 e. The van der Waals surface area contributed by atoms with Gasteiger partial charge in [-0.15, -0.1) is 0 Å². The summed E-state index contributed by atoms with van der Waals surface area (Å²) in [7, 11) is 0. The van der Waals surface area contributed by atoms with Gasteiger partial charge in [0.25, 0.3) is 5.91 Å². The van der Waals surface area contributed by atoms with Crippen LogP contribution >= 0.6 is 11.6 Å². The maximum atomic E-state index is 13.0. The Hall–Kier alpha value is -3.15. The highest BCUT2D eigenvalue weighted by atomic mass is 35.5. The highest BCUT2D eigenvalue weighted by Gasteiger charge is 2.39. The molecule has 1 amide bonds. The lowest BCUT2D eigenvalue weighted by Gasteiger charge is -2.23. The van der Waals surface area contributed by atoms with Crippen molar-refractivity contribution in [2.45, 2.75) is 25.7 Å². The van der Waals surface area contributed by atoms with Crippen molar-refractivity contribution in [3.8, 4) is 0 Å². The Morgan fingerprint density at radius 1 is 0.867 bits per heavy atom. The summed E-state index contributed by atoms with van der Waals surface area (Å²) >= 11 is 6.02. The third-order valence-corrected chi connectivity index (χ3v) is 5.09. The Balaban J connectivity index is 1.50. The minimum atomic E-state index is -0.294. The fourth-order valence-electron chi connectivity index (χ4n) is 3.26. The average molecular weight is 421 g/mol. The molecule has 0 N–H and O–H groups in total. The van der Waals surface area contributed by atoms with Gasteiger partial charge in [-0.1, -0.05) is 89.6 Å². The van der Waals surface area contributed by atoms with Gasteiger partial charge in [0.15, 0.2) is 0 Å². The van der Waals surface area contributed by atoms with E-state index in [2.05, 4.69) is 5.16 Å². The van der Waals surface area contributed by atoms with Gasteiger partial charge in [0.05, 0.1) is 6.04 Å². The highest BCUT2D eigenvalue weighted by Crippen LogP contribution is 2.33. The van der Waals surface area contributed by atoms with Crippen LogP contribution in [0, 0.1) is 0 Å².